The summed E-state index contributed by atoms with van der Waals surface area (Å²) < 4.78 is 10.8. The number of amides is 1. The molecule has 126 valence electrons. The van der Waals surface area contributed by atoms with Gasteiger partial charge in [-0.25, -0.2) is 4.98 Å². The molecule has 1 heterocycles. The van der Waals surface area contributed by atoms with Crippen LogP contribution in [0.5, 0.6) is 17.4 Å². The Morgan fingerprint density at radius 1 is 1.29 bits per heavy atom. The number of hydrogen-bond acceptors (Lipinski definition) is 4. The number of pyridine rings is 1. The highest BCUT2D eigenvalue weighted by atomic mass is 35.5. The summed E-state index contributed by atoms with van der Waals surface area (Å²) in [6.07, 6.45) is 5.47. The molecule has 0 aliphatic rings. The van der Waals surface area contributed by atoms with Crippen molar-refractivity contribution >= 4 is 23.6 Å². The summed E-state index contributed by atoms with van der Waals surface area (Å²) in [5, 5.41) is 3.30. The average Bonchev–Trinajstić information content (AvgIpc) is 2.53. The highest BCUT2D eigenvalue weighted by Gasteiger charge is 2.04. The zero-order chi connectivity index (χ0) is 17.5. The van der Waals surface area contributed by atoms with E-state index in [1.54, 1.807) is 37.6 Å². The van der Waals surface area contributed by atoms with Gasteiger partial charge in [0.05, 0.1) is 7.11 Å². The fraction of sp³-hybridized carbons (Fsp3) is 0.222. The summed E-state index contributed by atoms with van der Waals surface area (Å²) in [6, 6.07) is 8.71. The van der Waals surface area contributed by atoms with Gasteiger partial charge >= 0.3 is 0 Å². The van der Waals surface area contributed by atoms with Crippen LogP contribution in [-0.4, -0.2) is 24.0 Å². The first kappa shape index (κ1) is 17.8. The van der Waals surface area contributed by atoms with Crippen LogP contribution in [-0.2, 0) is 4.79 Å². The van der Waals surface area contributed by atoms with Gasteiger partial charge in [0.2, 0.25) is 11.8 Å². The van der Waals surface area contributed by atoms with Crippen molar-refractivity contribution in [3.8, 4) is 17.4 Å². The Kier molecular flexibility index (Phi) is 6.21. The Labute approximate surface area is 146 Å². The maximum Gasteiger partial charge on any atom is 0.219 e. The number of aromatic nitrogens is 1. The molecule has 24 heavy (non-hydrogen) atoms. The Hall–Kier alpha value is -2.53. The quantitative estimate of drug-likeness (QED) is 0.856. The topological polar surface area (TPSA) is 60.5 Å². The monoisotopic (exact) mass is 346 g/mol. The number of carbonyl (C=O) groups is 1. The van der Waals surface area contributed by atoms with Crippen LogP contribution in [0, 0.1) is 0 Å². The number of carbonyl (C=O) groups excluding carboxylic acids is 1. The fourth-order valence-electron chi connectivity index (χ4n) is 2.01. The average molecular weight is 347 g/mol. The number of rotatable bonds is 6. The maximum absolute atomic E-state index is 11.0. The number of nitrogens with zero attached hydrogens (tertiary/aromatic N) is 1. The fourth-order valence-corrected chi connectivity index (χ4v) is 2.22. The molecule has 2 rings (SSSR count). The summed E-state index contributed by atoms with van der Waals surface area (Å²) >= 11 is 6.01. The molecule has 5 nitrogen and oxygen atoms in total. The van der Waals surface area contributed by atoms with Gasteiger partial charge in [0.15, 0.2) is 0 Å². The molecule has 1 amide bonds. The van der Waals surface area contributed by atoms with Crippen molar-refractivity contribution < 1.29 is 14.3 Å². The van der Waals surface area contributed by atoms with Crippen LogP contribution >= 0.6 is 11.6 Å². The first-order chi connectivity index (χ1) is 11.5. The molecule has 0 bridgehead atoms. The molecule has 0 fully saturated rings. The zero-order valence-corrected chi connectivity index (χ0v) is 14.5. The predicted octanol–water partition coefficient (Wildman–Crippen LogP) is 4.07. The van der Waals surface area contributed by atoms with Crippen LogP contribution in [0.25, 0.3) is 6.08 Å². The molecular weight excluding hydrogens is 328 g/mol. The molecule has 1 N–H and O–H groups in total. The second-order valence-corrected chi connectivity index (χ2v) is 5.64. The largest absolute Gasteiger partial charge is 0.497 e. The van der Waals surface area contributed by atoms with E-state index in [0.29, 0.717) is 22.4 Å². The number of ether oxygens (including phenoxy) is 2. The van der Waals surface area contributed by atoms with Crippen LogP contribution in [0.3, 0.4) is 0 Å². The van der Waals surface area contributed by atoms with Gasteiger partial charge in [0, 0.05) is 36.3 Å². The van der Waals surface area contributed by atoms with Crippen molar-refractivity contribution in [2.24, 2.45) is 0 Å². The molecule has 2 aromatic rings. The first-order valence-corrected chi connectivity index (χ1v) is 7.78. The van der Waals surface area contributed by atoms with E-state index in [1.807, 2.05) is 25.1 Å². The number of nitrogens with one attached hydrogen (secondary N) is 1. The van der Waals surface area contributed by atoms with E-state index in [0.717, 1.165) is 5.56 Å². The normalized spacial score (nSPS) is 12.0. The molecule has 6 heteroatoms. The SMILES string of the molecule is COc1cc(Cl)cc(Oc2ccc(/C=C/[C@H](C)NC(C)=O)cn2)c1. The van der Waals surface area contributed by atoms with Gasteiger partial charge in [-0.15, -0.1) is 0 Å². The molecule has 1 atom stereocenters. The summed E-state index contributed by atoms with van der Waals surface area (Å²) in [7, 11) is 1.57. The molecule has 0 aliphatic heterocycles. The van der Waals surface area contributed by atoms with Crippen molar-refractivity contribution in [1.82, 2.24) is 10.3 Å². The maximum atomic E-state index is 11.0. The summed E-state index contributed by atoms with van der Waals surface area (Å²) in [5.41, 5.74) is 0.906. The highest BCUT2D eigenvalue weighted by Crippen LogP contribution is 2.28. The van der Waals surface area contributed by atoms with E-state index in [4.69, 9.17) is 21.1 Å². The van der Waals surface area contributed by atoms with Crippen LogP contribution in [0.4, 0.5) is 0 Å². The molecular formula is C18H19ClN2O3. The van der Waals surface area contributed by atoms with Crippen molar-refractivity contribution in [3.05, 3.63) is 53.2 Å². The van der Waals surface area contributed by atoms with Crippen LogP contribution in [0.15, 0.2) is 42.6 Å². The van der Waals surface area contributed by atoms with Crippen molar-refractivity contribution in [1.29, 1.82) is 0 Å². The number of halogens is 1. The lowest BCUT2D eigenvalue weighted by Gasteiger charge is -2.08. The Balaban J connectivity index is 2.03. The molecule has 0 aliphatic carbocycles. The number of methoxy groups -OCH3 is 1. The first-order valence-electron chi connectivity index (χ1n) is 7.40. The van der Waals surface area contributed by atoms with Crippen LogP contribution < -0.4 is 14.8 Å². The van der Waals surface area contributed by atoms with Gasteiger partial charge in [0.1, 0.15) is 11.5 Å². The van der Waals surface area contributed by atoms with Crippen LogP contribution in [0.1, 0.15) is 19.4 Å². The summed E-state index contributed by atoms with van der Waals surface area (Å²) in [5.74, 6) is 1.55. The summed E-state index contributed by atoms with van der Waals surface area (Å²) in [6.45, 7) is 3.39. The van der Waals surface area contributed by atoms with Gasteiger partial charge in [-0.05, 0) is 30.7 Å². The van der Waals surface area contributed by atoms with Crippen LogP contribution in [0.2, 0.25) is 5.02 Å². The molecule has 0 radical (unpaired) electrons. The van der Waals surface area contributed by atoms with Gasteiger partial charge in [-0.2, -0.15) is 0 Å². The van der Waals surface area contributed by atoms with Crippen molar-refractivity contribution in [3.63, 3.8) is 0 Å². The smallest absolute Gasteiger partial charge is 0.219 e. The highest BCUT2D eigenvalue weighted by molar-refractivity contribution is 6.30. The lowest BCUT2D eigenvalue weighted by molar-refractivity contribution is -0.119. The molecule has 0 saturated carbocycles. The zero-order valence-electron chi connectivity index (χ0n) is 13.7. The Morgan fingerprint density at radius 2 is 2.04 bits per heavy atom. The lowest BCUT2D eigenvalue weighted by atomic mass is 10.2. The predicted molar refractivity (Wildman–Crippen MR) is 94.6 cm³/mol. The van der Waals surface area contributed by atoms with E-state index < -0.39 is 0 Å². The van der Waals surface area contributed by atoms with Crippen molar-refractivity contribution in [2.45, 2.75) is 19.9 Å². The lowest BCUT2D eigenvalue weighted by Crippen LogP contribution is -2.28. The van der Waals surface area contributed by atoms with E-state index in [1.165, 1.54) is 6.92 Å². The Bertz CT molecular complexity index is 730. The number of benzene rings is 1. The minimum Gasteiger partial charge on any atom is -0.497 e. The van der Waals surface area contributed by atoms with Gasteiger partial charge < -0.3 is 14.8 Å². The van der Waals surface area contributed by atoms with Gasteiger partial charge in [-0.3, -0.25) is 4.79 Å². The summed E-state index contributed by atoms with van der Waals surface area (Å²) in [4.78, 5) is 15.2. The third-order valence-corrected chi connectivity index (χ3v) is 3.29. The Morgan fingerprint density at radius 3 is 2.67 bits per heavy atom. The molecule has 0 saturated heterocycles. The minimum atomic E-state index is -0.0639. The van der Waals surface area contributed by atoms with E-state index in [9.17, 15) is 4.79 Å². The van der Waals surface area contributed by atoms with Gasteiger partial charge in [-0.1, -0.05) is 23.8 Å². The third-order valence-electron chi connectivity index (χ3n) is 3.07. The molecule has 1 aromatic heterocycles. The molecule has 0 unspecified atom stereocenters. The van der Waals surface area contributed by atoms with E-state index >= 15 is 0 Å². The molecule has 1 aromatic carbocycles. The van der Waals surface area contributed by atoms with Crippen molar-refractivity contribution in [2.75, 3.05) is 7.11 Å². The second kappa shape index (κ2) is 8.36. The third kappa shape index (κ3) is 5.59. The minimum absolute atomic E-state index is 0.0441. The van der Waals surface area contributed by atoms with Gasteiger partial charge in [0.25, 0.3) is 0 Å². The second-order valence-electron chi connectivity index (χ2n) is 5.21. The molecule has 0 spiro atoms. The number of hydrogen-bond donors (Lipinski definition) is 1. The standard InChI is InChI=1S/C18H19ClN2O3/c1-12(21-13(2)22)4-5-14-6-7-18(20-11-14)24-17-9-15(19)8-16(10-17)23-3/h4-12H,1-3H3,(H,21,22)/b5-4+/t12-/m0/s1. The van der Waals surface area contributed by atoms with E-state index in [-0.39, 0.29) is 11.9 Å². The van der Waals surface area contributed by atoms with E-state index in [2.05, 4.69) is 10.3 Å².